The smallest absolute Gasteiger partial charge is 0.0896 e. The minimum Gasteiger partial charge on any atom is -0.377 e. The number of benzene rings is 2. The van der Waals surface area contributed by atoms with Gasteiger partial charge in [0.25, 0.3) is 0 Å². The van der Waals surface area contributed by atoms with Gasteiger partial charge < -0.3 is 10.1 Å². The molecule has 1 N–H and O–H groups in total. The van der Waals surface area contributed by atoms with E-state index in [1.807, 2.05) is 24.3 Å². The first-order valence-electron chi connectivity index (χ1n) is 7.16. The highest BCUT2D eigenvalue weighted by Crippen LogP contribution is 2.50. The molecule has 0 unspecified atom stereocenters. The Hall–Kier alpha value is -1.22. The third-order valence-corrected chi connectivity index (χ3v) is 5.00. The van der Waals surface area contributed by atoms with Crippen LogP contribution in [0.4, 0.5) is 5.69 Å². The molecule has 2 nitrogen and oxygen atoms in total. The summed E-state index contributed by atoms with van der Waals surface area (Å²) in [5, 5.41) is 5.02. The highest BCUT2D eigenvalue weighted by Gasteiger charge is 2.41. The van der Waals surface area contributed by atoms with Gasteiger partial charge in [0.2, 0.25) is 0 Å². The molecule has 2 aromatic rings. The van der Waals surface area contributed by atoms with Crippen molar-refractivity contribution in [3.05, 3.63) is 63.6 Å². The predicted molar refractivity (Wildman–Crippen MR) is 86.1 cm³/mol. The molecule has 2 aromatic carbocycles. The molecule has 2 aliphatic heterocycles. The van der Waals surface area contributed by atoms with Crippen molar-refractivity contribution < 1.29 is 4.74 Å². The van der Waals surface area contributed by atoms with Crippen molar-refractivity contribution in [2.24, 2.45) is 5.92 Å². The number of fused-ring (bicyclic) bond motifs is 3. The average molecular weight is 320 g/mol. The zero-order valence-corrected chi connectivity index (χ0v) is 12.9. The molecule has 4 rings (SSSR count). The Morgan fingerprint density at radius 1 is 1.05 bits per heavy atom. The molecule has 108 valence electrons. The highest BCUT2D eigenvalue weighted by atomic mass is 35.5. The molecule has 0 spiro atoms. The van der Waals surface area contributed by atoms with Gasteiger partial charge in [-0.25, -0.2) is 0 Å². The van der Waals surface area contributed by atoms with Crippen LogP contribution in [0.2, 0.25) is 10.0 Å². The summed E-state index contributed by atoms with van der Waals surface area (Å²) >= 11 is 12.4. The maximum atomic E-state index is 6.42. The van der Waals surface area contributed by atoms with Crippen LogP contribution in [0.5, 0.6) is 0 Å². The Morgan fingerprint density at radius 3 is 2.76 bits per heavy atom. The van der Waals surface area contributed by atoms with Crippen LogP contribution in [0.15, 0.2) is 42.5 Å². The summed E-state index contributed by atoms with van der Waals surface area (Å²) in [5.74, 6) is 0.401. The van der Waals surface area contributed by atoms with Crippen LogP contribution in [0.25, 0.3) is 0 Å². The van der Waals surface area contributed by atoms with E-state index < -0.39 is 0 Å². The number of ether oxygens (including phenoxy) is 1. The second-order valence-corrected chi connectivity index (χ2v) is 6.46. The fourth-order valence-electron chi connectivity index (χ4n) is 3.48. The van der Waals surface area contributed by atoms with Gasteiger partial charge >= 0.3 is 0 Å². The van der Waals surface area contributed by atoms with Crippen LogP contribution in [0.3, 0.4) is 0 Å². The zero-order valence-electron chi connectivity index (χ0n) is 11.4. The average Bonchev–Trinajstić information content (AvgIpc) is 2.96. The summed E-state index contributed by atoms with van der Waals surface area (Å²) in [4.78, 5) is 0. The first kappa shape index (κ1) is 13.4. The topological polar surface area (TPSA) is 21.3 Å². The second kappa shape index (κ2) is 5.20. The minimum absolute atomic E-state index is 0.152. The second-order valence-electron chi connectivity index (χ2n) is 5.62. The summed E-state index contributed by atoms with van der Waals surface area (Å²) in [5.41, 5.74) is 3.48. The molecule has 1 fully saturated rings. The van der Waals surface area contributed by atoms with Gasteiger partial charge in [0.15, 0.2) is 0 Å². The third kappa shape index (κ3) is 2.22. The molecule has 4 heteroatoms. The number of nitrogens with one attached hydrogen (secondary N) is 1. The lowest BCUT2D eigenvalue weighted by molar-refractivity contribution is 0.0829. The molecule has 0 aliphatic carbocycles. The van der Waals surface area contributed by atoms with E-state index in [2.05, 4.69) is 23.5 Å². The largest absolute Gasteiger partial charge is 0.377 e. The van der Waals surface area contributed by atoms with E-state index in [0.717, 1.165) is 24.3 Å². The number of para-hydroxylation sites is 1. The van der Waals surface area contributed by atoms with Gasteiger partial charge in [-0.2, -0.15) is 0 Å². The van der Waals surface area contributed by atoms with Crippen molar-refractivity contribution >= 4 is 28.9 Å². The van der Waals surface area contributed by atoms with Crippen LogP contribution < -0.4 is 5.32 Å². The van der Waals surface area contributed by atoms with Crippen LogP contribution in [-0.2, 0) is 4.74 Å². The zero-order chi connectivity index (χ0) is 14.4. The lowest BCUT2D eigenvalue weighted by Crippen LogP contribution is -2.29. The number of hydrogen-bond acceptors (Lipinski definition) is 2. The molecule has 1 saturated heterocycles. The van der Waals surface area contributed by atoms with Crippen molar-refractivity contribution in [3.8, 4) is 0 Å². The molecular formula is C17H15Cl2NO. The maximum Gasteiger partial charge on any atom is 0.0896 e. The van der Waals surface area contributed by atoms with E-state index in [9.17, 15) is 0 Å². The van der Waals surface area contributed by atoms with Crippen LogP contribution in [-0.4, -0.2) is 6.61 Å². The molecule has 2 heterocycles. The molecule has 0 amide bonds. The van der Waals surface area contributed by atoms with Gasteiger partial charge in [0, 0.05) is 33.8 Å². The van der Waals surface area contributed by atoms with Crippen molar-refractivity contribution in [2.75, 3.05) is 11.9 Å². The molecule has 21 heavy (non-hydrogen) atoms. The van der Waals surface area contributed by atoms with E-state index in [0.29, 0.717) is 16.0 Å². The molecule has 0 radical (unpaired) electrons. The normalized spacial score (nSPS) is 26.9. The van der Waals surface area contributed by atoms with E-state index in [1.165, 1.54) is 5.56 Å². The fourth-order valence-corrected chi connectivity index (χ4v) is 4.01. The third-order valence-electron chi connectivity index (χ3n) is 4.44. The van der Waals surface area contributed by atoms with Crippen LogP contribution >= 0.6 is 23.2 Å². The first-order valence-corrected chi connectivity index (χ1v) is 7.91. The summed E-state index contributed by atoms with van der Waals surface area (Å²) in [7, 11) is 0. The predicted octanol–water partition coefficient (Wildman–Crippen LogP) is 5.24. The van der Waals surface area contributed by atoms with Gasteiger partial charge in [-0.15, -0.1) is 0 Å². The Labute approximate surface area is 134 Å². The summed E-state index contributed by atoms with van der Waals surface area (Å²) in [6, 6.07) is 14.2. The van der Waals surface area contributed by atoms with Gasteiger partial charge in [0.05, 0.1) is 12.1 Å². The molecular weight excluding hydrogens is 305 g/mol. The van der Waals surface area contributed by atoms with Crippen molar-refractivity contribution in [2.45, 2.75) is 18.6 Å². The lowest BCUT2D eigenvalue weighted by atomic mass is 9.81. The SMILES string of the molecule is Clc1ccc([C@@H]2Nc3ccccc3[C@@H]3OCC[C@H]23)c(Cl)c1. The molecule has 2 aliphatic rings. The molecule has 0 saturated carbocycles. The molecule has 0 bridgehead atoms. The van der Waals surface area contributed by atoms with E-state index in [4.69, 9.17) is 27.9 Å². The number of anilines is 1. The Balaban J connectivity index is 1.80. The summed E-state index contributed by atoms with van der Waals surface area (Å²) < 4.78 is 5.99. The maximum absolute atomic E-state index is 6.42. The Morgan fingerprint density at radius 2 is 1.90 bits per heavy atom. The monoisotopic (exact) mass is 319 g/mol. The highest BCUT2D eigenvalue weighted by molar-refractivity contribution is 6.35. The van der Waals surface area contributed by atoms with Crippen molar-refractivity contribution in [1.29, 1.82) is 0 Å². The number of hydrogen-bond donors (Lipinski definition) is 1. The van der Waals surface area contributed by atoms with Crippen LogP contribution in [0.1, 0.15) is 29.7 Å². The summed E-state index contributed by atoms with van der Waals surface area (Å²) in [6.45, 7) is 0.799. The standard InChI is InChI=1S/C17H15Cl2NO/c18-10-5-6-11(14(19)9-10)16-13-7-8-21-17(13)12-3-1-2-4-15(12)20-16/h1-6,9,13,16-17,20H,7-8H2/t13-,16+,17+/m1/s1. The minimum atomic E-state index is 0.152. The first-order chi connectivity index (χ1) is 10.2. The van der Waals surface area contributed by atoms with Gasteiger partial charge in [-0.05, 0) is 30.2 Å². The van der Waals surface area contributed by atoms with Crippen molar-refractivity contribution in [1.82, 2.24) is 0 Å². The van der Waals surface area contributed by atoms with Gasteiger partial charge in [-0.3, -0.25) is 0 Å². The summed E-state index contributed by atoms with van der Waals surface area (Å²) in [6.07, 6.45) is 1.19. The van der Waals surface area contributed by atoms with Crippen molar-refractivity contribution in [3.63, 3.8) is 0 Å². The van der Waals surface area contributed by atoms with E-state index >= 15 is 0 Å². The number of rotatable bonds is 1. The van der Waals surface area contributed by atoms with E-state index in [-0.39, 0.29) is 12.1 Å². The lowest BCUT2D eigenvalue weighted by Gasteiger charge is -2.36. The number of halogens is 2. The molecule has 3 atom stereocenters. The van der Waals surface area contributed by atoms with Gasteiger partial charge in [-0.1, -0.05) is 47.5 Å². The molecule has 0 aromatic heterocycles. The fraction of sp³-hybridized carbons (Fsp3) is 0.294. The van der Waals surface area contributed by atoms with E-state index in [1.54, 1.807) is 0 Å². The van der Waals surface area contributed by atoms with Crippen LogP contribution in [0, 0.1) is 5.92 Å². The van der Waals surface area contributed by atoms with Gasteiger partial charge in [0.1, 0.15) is 0 Å². The Kier molecular flexibility index (Phi) is 3.33. The Bertz CT molecular complexity index is 688. The quantitative estimate of drug-likeness (QED) is 0.776.